The van der Waals surface area contributed by atoms with Crippen molar-refractivity contribution in [2.45, 2.75) is 32.7 Å². The van der Waals surface area contributed by atoms with Crippen molar-refractivity contribution in [3.8, 4) is 0 Å². The first-order valence-corrected chi connectivity index (χ1v) is 10.2. The average Bonchev–Trinajstić information content (AvgIpc) is 2.26. The molecule has 0 radical (unpaired) electrons. The van der Waals surface area contributed by atoms with Crippen molar-refractivity contribution < 1.29 is 16.8 Å². The maximum absolute atomic E-state index is 11.9. The molecule has 1 heterocycles. The molecule has 0 bridgehead atoms. The van der Waals surface area contributed by atoms with Gasteiger partial charge in [-0.2, -0.15) is 0 Å². The molecule has 1 saturated heterocycles. The van der Waals surface area contributed by atoms with Crippen molar-refractivity contribution in [1.82, 2.24) is 9.62 Å². The molecule has 0 aromatic carbocycles. The van der Waals surface area contributed by atoms with Gasteiger partial charge in [0.2, 0.25) is 10.0 Å². The molecule has 1 atom stereocenters. The van der Waals surface area contributed by atoms with Crippen LogP contribution >= 0.6 is 0 Å². The van der Waals surface area contributed by atoms with E-state index >= 15 is 0 Å². The highest BCUT2D eigenvalue weighted by atomic mass is 32.3. The van der Waals surface area contributed by atoms with Crippen LogP contribution in [0.2, 0.25) is 0 Å². The maximum Gasteiger partial charge on any atom is 0.228 e. The van der Waals surface area contributed by atoms with Crippen LogP contribution in [0, 0.1) is 5.92 Å². The zero-order valence-electron chi connectivity index (χ0n) is 11.8. The molecule has 114 valence electrons. The van der Waals surface area contributed by atoms with E-state index in [2.05, 4.69) is 12.2 Å². The molecule has 6 nitrogen and oxygen atoms in total. The van der Waals surface area contributed by atoms with E-state index in [1.54, 1.807) is 0 Å². The summed E-state index contributed by atoms with van der Waals surface area (Å²) in [6.45, 7) is 5.88. The lowest BCUT2D eigenvalue weighted by molar-refractivity contribution is 0.233. The molecule has 0 aromatic rings. The van der Waals surface area contributed by atoms with E-state index in [0.29, 0.717) is 25.0 Å². The van der Waals surface area contributed by atoms with Crippen molar-refractivity contribution in [3.63, 3.8) is 0 Å². The molecule has 19 heavy (non-hydrogen) atoms. The Kier molecular flexibility index (Phi) is 5.78. The van der Waals surface area contributed by atoms with Gasteiger partial charge in [-0.3, -0.25) is 0 Å². The topological polar surface area (TPSA) is 83.6 Å². The second-order valence-electron chi connectivity index (χ2n) is 5.24. The van der Waals surface area contributed by atoms with Crippen molar-refractivity contribution in [1.29, 1.82) is 0 Å². The van der Waals surface area contributed by atoms with Gasteiger partial charge in [0.1, 0.15) is 0 Å². The summed E-state index contributed by atoms with van der Waals surface area (Å²) in [5, 5.41) is 2.56. The van der Waals surface area contributed by atoms with Gasteiger partial charge in [0, 0.05) is 25.4 Å². The van der Waals surface area contributed by atoms with Crippen LogP contribution < -0.4 is 5.32 Å². The summed E-state index contributed by atoms with van der Waals surface area (Å²) in [7, 11) is -7.19. The Hall–Kier alpha value is -0.180. The Bertz CT molecular complexity index is 479. The zero-order valence-corrected chi connectivity index (χ0v) is 13.4. The number of nitrogens with zero attached hydrogens (tertiary/aromatic N) is 1. The van der Waals surface area contributed by atoms with Gasteiger partial charge >= 0.3 is 0 Å². The van der Waals surface area contributed by atoms with Crippen LogP contribution in [0.1, 0.15) is 26.7 Å². The molecule has 1 aliphatic rings. The second kappa shape index (κ2) is 6.51. The van der Waals surface area contributed by atoms with Gasteiger partial charge in [-0.05, 0) is 32.2 Å². The summed E-state index contributed by atoms with van der Waals surface area (Å²) >= 11 is 0. The lowest BCUT2D eigenvalue weighted by Gasteiger charge is -2.34. The first-order valence-electron chi connectivity index (χ1n) is 6.54. The predicted octanol–water partition coefficient (Wildman–Crippen LogP) is 0.0283. The third-order valence-electron chi connectivity index (χ3n) is 3.49. The first kappa shape index (κ1) is 16.9. The number of sulfone groups is 1. The van der Waals surface area contributed by atoms with E-state index in [4.69, 9.17) is 0 Å². The van der Waals surface area contributed by atoms with Crippen LogP contribution in [0.15, 0.2) is 0 Å². The van der Waals surface area contributed by atoms with E-state index in [-0.39, 0.29) is 0 Å². The molecule has 1 rings (SSSR count). The SMILES string of the molecule is CCNC(C)C1CCN(S(=O)(=O)CS(C)(=O)=O)CC1. The molecule has 0 aliphatic carbocycles. The molecule has 0 amide bonds. The molecule has 1 N–H and O–H groups in total. The van der Waals surface area contributed by atoms with E-state index in [9.17, 15) is 16.8 Å². The fourth-order valence-corrected chi connectivity index (χ4v) is 6.02. The van der Waals surface area contributed by atoms with Crippen LogP contribution in [0.5, 0.6) is 0 Å². The van der Waals surface area contributed by atoms with Gasteiger partial charge in [0.15, 0.2) is 14.9 Å². The smallest absolute Gasteiger partial charge is 0.228 e. The number of sulfonamides is 1. The molecule has 0 saturated carbocycles. The third kappa shape index (κ3) is 5.37. The summed E-state index contributed by atoms with van der Waals surface area (Å²) < 4.78 is 47.4. The second-order valence-corrected chi connectivity index (χ2v) is 9.71. The summed E-state index contributed by atoms with van der Waals surface area (Å²) in [6, 6.07) is 0.366. The predicted molar refractivity (Wildman–Crippen MR) is 76.1 cm³/mol. The minimum atomic E-state index is -3.68. The largest absolute Gasteiger partial charge is 0.314 e. The van der Waals surface area contributed by atoms with Gasteiger partial charge in [-0.15, -0.1) is 0 Å². The number of nitrogens with one attached hydrogen (secondary N) is 1. The van der Waals surface area contributed by atoms with Crippen LogP contribution in [-0.2, 0) is 19.9 Å². The Morgan fingerprint density at radius 2 is 1.74 bits per heavy atom. The molecule has 1 unspecified atom stereocenters. The number of piperidine rings is 1. The van der Waals surface area contributed by atoms with Gasteiger partial charge in [0.25, 0.3) is 0 Å². The molecule has 1 fully saturated rings. The van der Waals surface area contributed by atoms with Gasteiger partial charge in [0.05, 0.1) is 0 Å². The fourth-order valence-electron chi connectivity index (χ4n) is 2.49. The van der Waals surface area contributed by atoms with Crippen LogP contribution in [0.4, 0.5) is 0 Å². The van der Waals surface area contributed by atoms with Crippen molar-refractivity contribution in [3.05, 3.63) is 0 Å². The zero-order chi connectivity index (χ0) is 14.7. The maximum atomic E-state index is 11.9. The normalized spacial score (nSPS) is 21.4. The number of hydrogen-bond donors (Lipinski definition) is 1. The third-order valence-corrected chi connectivity index (χ3v) is 7.54. The highest BCUT2D eigenvalue weighted by molar-refractivity contribution is 8.06. The lowest BCUT2D eigenvalue weighted by atomic mass is 9.91. The van der Waals surface area contributed by atoms with Gasteiger partial charge in [-0.1, -0.05) is 6.92 Å². The summed E-state index contributed by atoms with van der Waals surface area (Å²) in [5.74, 6) is 0.449. The molecule has 8 heteroatoms. The van der Waals surface area contributed by atoms with Crippen LogP contribution in [0.25, 0.3) is 0 Å². The van der Waals surface area contributed by atoms with E-state index in [1.165, 1.54) is 4.31 Å². The van der Waals surface area contributed by atoms with E-state index in [1.807, 2.05) is 6.92 Å². The Morgan fingerprint density at radius 1 is 1.21 bits per heavy atom. The highest BCUT2D eigenvalue weighted by Gasteiger charge is 2.31. The Labute approximate surface area is 116 Å². The van der Waals surface area contributed by atoms with Crippen LogP contribution in [-0.4, -0.2) is 58.2 Å². The average molecular weight is 312 g/mol. The van der Waals surface area contributed by atoms with Crippen molar-refractivity contribution >= 4 is 19.9 Å². The molecular formula is C11H24N2O4S2. The Morgan fingerprint density at radius 3 is 2.16 bits per heavy atom. The Balaban J connectivity index is 2.59. The standard InChI is InChI=1S/C11H24N2O4S2/c1-4-12-10(2)11-5-7-13(8-6-11)19(16,17)9-18(3,14)15/h10-12H,4-9H2,1-3H3. The van der Waals surface area contributed by atoms with Crippen molar-refractivity contribution in [2.75, 3.05) is 31.0 Å². The lowest BCUT2D eigenvalue weighted by Crippen LogP contribution is -2.45. The minimum absolute atomic E-state index is 0.366. The number of rotatable bonds is 6. The van der Waals surface area contributed by atoms with Crippen molar-refractivity contribution in [2.24, 2.45) is 5.92 Å². The van der Waals surface area contributed by atoms with E-state index in [0.717, 1.165) is 25.6 Å². The summed E-state index contributed by atoms with van der Waals surface area (Å²) in [4.78, 5) is 0. The van der Waals surface area contributed by atoms with E-state index < -0.39 is 24.9 Å². The van der Waals surface area contributed by atoms with Gasteiger partial charge < -0.3 is 5.32 Å². The quantitative estimate of drug-likeness (QED) is 0.748. The summed E-state index contributed by atoms with van der Waals surface area (Å²) in [5.41, 5.74) is 0. The monoisotopic (exact) mass is 312 g/mol. The molecule has 0 spiro atoms. The van der Waals surface area contributed by atoms with Gasteiger partial charge in [-0.25, -0.2) is 21.1 Å². The number of hydrogen-bond acceptors (Lipinski definition) is 5. The molecular weight excluding hydrogens is 288 g/mol. The molecule has 1 aliphatic heterocycles. The summed E-state index contributed by atoms with van der Waals surface area (Å²) in [6.07, 6.45) is 2.50. The fraction of sp³-hybridized carbons (Fsp3) is 1.00. The van der Waals surface area contributed by atoms with Crippen LogP contribution in [0.3, 0.4) is 0 Å². The first-order chi connectivity index (χ1) is 8.65. The highest BCUT2D eigenvalue weighted by Crippen LogP contribution is 2.23. The molecule has 0 aromatic heterocycles. The minimum Gasteiger partial charge on any atom is -0.314 e.